The molecule has 5 atom stereocenters. The lowest BCUT2D eigenvalue weighted by Gasteiger charge is -2.35. The van der Waals surface area contributed by atoms with Crippen molar-refractivity contribution in [2.24, 2.45) is 5.92 Å². The number of likely N-dealkylation sites (tertiary alicyclic amines) is 1. The van der Waals surface area contributed by atoms with E-state index < -0.39 is 46.7 Å². The standard InChI is InChI=1S/C28H32FN3O4S/c1-28(2,3)36-27(34)32-22-11-10-20(13-22)25(32)26(33)31-21(16-30)12-19-9-8-18(15-24(19)29)17-6-5-7-23(14-17)37(4)35/h5-9,14-15,20-22,25H,10-13H2,1-4H3,(H,31,33)/t20-,21-,22+,25-,37?/m0/s1. The minimum absolute atomic E-state index is 0.0133. The first kappa shape index (κ1) is 27.0. The number of piperidine rings is 1. The van der Waals surface area contributed by atoms with Gasteiger partial charge in [-0.25, -0.2) is 9.18 Å². The molecule has 9 heteroatoms. The number of nitrogens with zero attached hydrogens (tertiary/aromatic N) is 2. The molecule has 2 aliphatic rings. The van der Waals surface area contributed by atoms with Crippen LogP contribution in [0, 0.1) is 23.1 Å². The number of rotatable bonds is 6. The third kappa shape index (κ3) is 6.08. The fourth-order valence-electron chi connectivity index (χ4n) is 5.26. The zero-order valence-electron chi connectivity index (χ0n) is 21.5. The van der Waals surface area contributed by atoms with Gasteiger partial charge in [0.1, 0.15) is 29.8 Å². The van der Waals surface area contributed by atoms with Gasteiger partial charge in [0.15, 0.2) is 4.90 Å². The summed E-state index contributed by atoms with van der Waals surface area (Å²) in [6, 6.07) is 12.2. The zero-order chi connectivity index (χ0) is 26.9. The largest absolute Gasteiger partial charge is 0.612 e. The lowest BCUT2D eigenvalue weighted by Crippen LogP contribution is -2.55. The molecule has 7 nitrogen and oxygen atoms in total. The fraction of sp³-hybridized carbons (Fsp3) is 0.464. The van der Waals surface area contributed by atoms with E-state index >= 15 is 4.39 Å². The molecular weight excluding hydrogens is 493 g/mol. The third-order valence-electron chi connectivity index (χ3n) is 6.91. The monoisotopic (exact) mass is 525 g/mol. The maximum Gasteiger partial charge on any atom is 0.411 e. The number of carbonyl (C=O) groups excluding carboxylic acids is 2. The molecule has 2 aromatic carbocycles. The van der Waals surface area contributed by atoms with Crippen LogP contribution in [0.4, 0.5) is 9.18 Å². The van der Waals surface area contributed by atoms with Gasteiger partial charge in [-0.2, -0.15) is 5.26 Å². The van der Waals surface area contributed by atoms with Crippen molar-refractivity contribution in [2.75, 3.05) is 6.26 Å². The number of ether oxygens (including phenoxy) is 1. The first-order chi connectivity index (χ1) is 17.5. The van der Waals surface area contributed by atoms with Gasteiger partial charge in [0.25, 0.3) is 0 Å². The SMILES string of the molecule is C[S+]([O-])c1cccc(-c2ccc(C[C@@H](C#N)NC(=O)[C@@H]3[C@H]4CC[C@H](C4)N3C(=O)OC(C)(C)C)c(F)c2)c1. The van der Waals surface area contributed by atoms with Crippen molar-refractivity contribution in [1.29, 1.82) is 5.26 Å². The molecule has 1 unspecified atom stereocenters. The quantitative estimate of drug-likeness (QED) is 0.556. The maximum absolute atomic E-state index is 15.0. The van der Waals surface area contributed by atoms with Crippen LogP contribution in [-0.2, 0) is 27.1 Å². The Morgan fingerprint density at radius 2 is 1.97 bits per heavy atom. The molecule has 0 spiro atoms. The molecule has 2 aromatic rings. The van der Waals surface area contributed by atoms with Gasteiger partial charge in [-0.3, -0.25) is 9.69 Å². The van der Waals surface area contributed by atoms with Crippen LogP contribution >= 0.6 is 0 Å². The van der Waals surface area contributed by atoms with Crippen LogP contribution in [0.25, 0.3) is 11.1 Å². The Balaban J connectivity index is 1.46. The Bertz CT molecular complexity index is 1220. The second kappa shape index (κ2) is 10.7. The Morgan fingerprint density at radius 1 is 1.24 bits per heavy atom. The number of nitrogens with one attached hydrogen (secondary N) is 1. The molecule has 4 rings (SSSR count). The van der Waals surface area contributed by atoms with Crippen LogP contribution in [0.3, 0.4) is 0 Å². The Kier molecular flexibility index (Phi) is 7.81. The summed E-state index contributed by atoms with van der Waals surface area (Å²) < 4.78 is 32.4. The molecular formula is C28H32FN3O4S. The Labute approximate surface area is 220 Å². The normalized spacial score (nSPS) is 22.3. The molecule has 0 aromatic heterocycles. The van der Waals surface area contributed by atoms with Gasteiger partial charge in [-0.15, -0.1) is 0 Å². The number of fused-ring (bicyclic) bond motifs is 2. The minimum atomic E-state index is -1.15. The van der Waals surface area contributed by atoms with Crippen molar-refractivity contribution in [3.05, 3.63) is 53.8 Å². The fourth-order valence-corrected chi connectivity index (χ4v) is 5.82. The smallest absolute Gasteiger partial charge is 0.411 e. The molecule has 1 N–H and O–H groups in total. The second-order valence-corrected chi connectivity index (χ2v) is 12.1. The van der Waals surface area contributed by atoms with Gasteiger partial charge in [0, 0.05) is 18.5 Å². The number of amides is 2. The van der Waals surface area contributed by atoms with Crippen LogP contribution in [0.1, 0.15) is 45.6 Å². The van der Waals surface area contributed by atoms with Gasteiger partial charge >= 0.3 is 6.09 Å². The van der Waals surface area contributed by atoms with E-state index in [0.29, 0.717) is 16.0 Å². The topological polar surface area (TPSA) is 105 Å². The average molecular weight is 526 g/mol. The first-order valence-corrected chi connectivity index (χ1v) is 14.0. The van der Waals surface area contributed by atoms with Crippen LogP contribution in [0.5, 0.6) is 0 Å². The number of benzene rings is 2. The molecule has 1 aliphatic heterocycles. The van der Waals surface area contributed by atoms with Crippen molar-refractivity contribution < 1.29 is 23.3 Å². The highest BCUT2D eigenvalue weighted by molar-refractivity contribution is 7.90. The van der Waals surface area contributed by atoms with Crippen molar-refractivity contribution in [2.45, 2.75) is 75.1 Å². The predicted molar refractivity (Wildman–Crippen MR) is 138 cm³/mol. The lowest BCUT2D eigenvalue weighted by atomic mass is 9.97. The molecule has 196 valence electrons. The van der Waals surface area contributed by atoms with E-state index in [4.69, 9.17) is 4.74 Å². The number of nitriles is 1. The first-order valence-electron chi connectivity index (χ1n) is 12.4. The van der Waals surface area contributed by atoms with Crippen molar-refractivity contribution in [3.63, 3.8) is 0 Å². The number of carbonyl (C=O) groups is 2. The van der Waals surface area contributed by atoms with Crippen molar-refractivity contribution in [1.82, 2.24) is 10.2 Å². The predicted octanol–water partition coefficient (Wildman–Crippen LogP) is 4.57. The lowest BCUT2D eigenvalue weighted by molar-refractivity contribution is -0.128. The Morgan fingerprint density at radius 3 is 2.62 bits per heavy atom. The summed E-state index contributed by atoms with van der Waals surface area (Å²) in [5, 5.41) is 12.5. The molecule has 37 heavy (non-hydrogen) atoms. The molecule has 2 bridgehead atoms. The molecule has 1 saturated heterocycles. The molecule has 2 fully saturated rings. The second-order valence-electron chi connectivity index (χ2n) is 10.7. The number of hydrogen-bond donors (Lipinski definition) is 1. The molecule has 2 amide bonds. The third-order valence-corrected chi connectivity index (χ3v) is 7.82. The van der Waals surface area contributed by atoms with Gasteiger partial charge in [0.2, 0.25) is 5.91 Å². The summed E-state index contributed by atoms with van der Waals surface area (Å²) in [4.78, 5) is 28.3. The van der Waals surface area contributed by atoms with Crippen LogP contribution < -0.4 is 5.32 Å². The van der Waals surface area contributed by atoms with E-state index in [-0.39, 0.29) is 18.4 Å². The van der Waals surface area contributed by atoms with E-state index in [1.165, 1.54) is 11.0 Å². The van der Waals surface area contributed by atoms with E-state index in [0.717, 1.165) is 24.8 Å². The molecule has 0 radical (unpaired) electrons. The van der Waals surface area contributed by atoms with E-state index in [1.54, 1.807) is 57.4 Å². The van der Waals surface area contributed by atoms with E-state index in [1.807, 2.05) is 6.07 Å². The summed E-state index contributed by atoms with van der Waals surface area (Å²) in [6.45, 7) is 5.34. The minimum Gasteiger partial charge on any atom is -0.612 e. The van der Waals surface area contributed by atoms with Gasteiger partial charge in [-0.1, -0.05) is 24.3 Å². The summed E-state index contributed by atoms with van der Waals surface area (Å²) in [5.74, 6) is -0.891. The summed E-state index contributed by atoms with van der Waals surface area (Å²) in [5.41, 5.74) is 0.971. The van der Waals surface area contributed by atoms with Crippen LogP contribution in [0.15, 0.2) is 47.4 Å². The highest BCUT2D eigenvalue weighted by Crippen LogP contribution is 2.43. The van der Waals surface area contributed by atoms with E-state index in [2.05, 4.69) is 11.4 Å². The maximum atomic E-state index is 15.0. The van der Waals surface area contributed by atoms with Crippen LogP contribution in [-0.4, -0.2) is 51.4 Å². The summed E-state index contributed by atoms with van der Waals surface area (Å²) in [6.07, 6.45) is 3.44. The molecule has 1 saturated carbocycles. The number of halogens is 1. The zero-order valence-corrected chi connectivity index (χ0v) is 22.3. The van der Waals surface area contributed by atoms with Gasteiger partial charge < -0.3 is 14.6 Å². The highest BCUT2D eigenvalue weighted by Gasteiger charge is 2.52. The van der Waals surface area contributed by atoms with Crippen molar-refractivity contribution in [3.8, 4) is 17.2 Å². The Hall–Kier alpha value is -3.09. The van der Waals surface area contributed by atoms with E-state index in [9.17, 15) is 19.4 Å². The molecule has 1 heterocycles. The van der Waals surface area contributed by atoms with Gasteiger partial charge in [0.05, 0.1) is 6.07 Å². The number of hydrogen-bond acceptors (Lipinski definition) is 5. The average Bonchev–Trinajstić information content (AvgIpc) is 3.45. The highest BCUT2D eigenvalue weighted by atomic mass is 32.2. The summed E-state index contributed by atoms with van der Waals surface area (Å²) >= 11 is -1.15. The van der Waals surface area contributed by atoms with Crippen LogP contribution in [0.2, 0.25) is 0 Å². The van der Waals surface area contributed by atoms with Gasteiger partial charge in [-0.05, 0) is 86.0 Å². The van der Waals surface area contributed by atoms with Crippen molar-refractivity contribution >= 4 is 23.2 Å². The summed E-state index contributed by atoms with van der Waals surface area (Å²) in [7, 11) is 0. The molecule has 1 aliphatic carbocycles.